The Kier molecular flexibility index (Phi) is 10.1. The van der Waals surface area contributed by atoms with Crippen molar-refractivity contribution in [2.75, 3.05) is 13.2 Å². The molecular formula is C46H62O12. The largest absolute Gasteiger partial charge is 0.461 e. The second-order valence-corrected chi connectivity index (χ2v) is 20.6. The molecule has 0 aromatic heterocycles. The SMILES string of the molecule is C[C@]12C[C@H](O)[C@H]3[C@@H](CCC4=CC(=O)CC(OC(=O)CCCC5CC(=O)C=C6CC[C@H]7[C@@H]8CC[C@](O)(C(=O)CO)[C@@]8(C)CC(=O)[C@@H]7[C@]65C)[C@@]43C)[C@@H]1CC[C@]2(O)C(=O)CO. The van der Waals surface area contributed by atoms with Crippen molar-refractivity contribution in [2.45, 2.75) is 147 Å². The van der Waals surface area contributed by atoms with Gasteiger partial charge in [0, 0.05) is 59.2 Å². The van der Waals surface area contributed by atoms with E-state index in [0.29, 0.717) is 51.4 Å². The fourth-order valence-corrected chi connectivity index (χ4v) is 15.7. The summed E-state index contributed by atoms with van der Waals surface area (Å²) >= 11 is 0. The van der Waals surface area contributed by atoms with Crippen LogP contribution in [0.3, 0.4) is 0 Å². The van der Waals surface area contributed by atoms with Crippen LogP contribution in [-0.4, -0.2) is 97.0 Å². The molecule has 0 spiro atoms. The zero-order valence-electron chi connectivity index (χ0n) is 34.5. The molecule has 0 heterocycles. The summed E-state index contributed by atoms with van der Waals surface area (Å²) in [5, 5.41) is 54.7. The summed E-state index contributed by atoms with van der Waals surface area (Å²) < 4.78 is 6.27. The zero-order chi connectivity index (χ0) is 42.0. The normalized spacial score (nSPS) is 48.0. The number of aliphatic hydroxyl groups excluding tert-OH is 3. The van der Waals surface area contributed by atoms with E-state index in [2.05, 4.69) is 6.92 Å². The molecular weight excluding hydrogens is 744 g/mol. The Hall–Kier alpha value is -2.90. The molecule has 318 valence electrons. The van der Waals surface area contributed by atoms with E-state index in [-0.39, 0.29) is 97.8 Å². The number of carbonyl (C=O) groups is 6. The molecule has 8 aliphatic rings. The van der Waals surface area contributed by atoms with Crippen LogP contribution in [0.5, 0.6) is 0 Å². The van der Waals surface area contributed by atoms with Crippen molar-refractivity contribution in [1.82, 2.24) is 0 Å². The van der Waals surface area contributed by atoms with Crippen LogP contribution in [-0.2, 0) is 33.5 Å². The summed E-state index contributed by atoms with van der Waals surface area (Å²) in [6.07, 6.45) is 6.92. The maximum Gasteiger partial charge on any atom is 0.306 e. The molecule has 8 rings (SSSR count). The molecule has 0 aliphatic heterocycles. The van der Waals surface area contributed by atoms with Gasteiger partial charge in [0.2, 0.25) is 0 Å². The number of fused-ring (bicyclic) bond motifs is 10. The van der Waals surface area contributed by atoms with E-state index in [1.807, 2.05) is 20.8 Å². The quantitative estimate of drug-likeness (QED) is 0.211. The Morgan fingerprint density at radius 1 is 0.759 bits per heavy atom. The molecule has 6 fully saturated rings. The Morgan fingerprint density at radius 3 is 1.93 bits per heavy atom. The number of hydrogen-bond donors (Lipinski definition) is 5. The fraction of sp³-hybridized carbons (Fsp3) is 0.783. The van der Waals surface area contributed by atoms with Gasteiger partial charge < -0.3 is 30.3 Å². The van der Waals surface area contributed by atoms with E-state index in [0.717, 1.165) is 11.1 Å². The van der Waals surface area contributed by atoms with Crippen LogP contribution in [0.4, 0.5) is 0 Å². The zero-order valence-corrected chi connectivity index (χ0v) is 34.5. The van der Waals surface area contributed by atoms with Crippen LogP contribution >= 0.6 is 0 Å². The van der Waals surface area contributed by atoms with Gasteiger partial charge in [-0.2, -0.15) is 0 Å². The molecule has 0 amide bonds. The number of esters is 1. The standard InChI is InChI=1S/C46H62O12/c1-41-20-33(51)39-29(31(41)12-14-45(41,56)35(53)22-47)10-8-25-17-27(49)16-24(43(25,39)3)6-5-7-38(55)58-37-19-28(50)18-26-9-11-30-32-13-15-46(57,36(54)23-48)42(32,2)21-34(52)40(30)44(26,37)4/h17-18,24,29-32,34,37,39-40,47-48,52,56-57H,5-16,19-23H2,1-4H3/t24?,29-,30-,31-,32-,34-,37?,39+,40+,41-,42-,43-,44+,45-,46-/m0/s1. The topological polar surface area (TPSA) is 213 Å². The highest BCUT2D eigenvalue weighted by molar-refractivity contribution is 5.95. The summed E-state index contributed by atoms with van der Waals surface area (Å²) in [6, 6.07) is 0. The first-order valence-electron chi connectivity index (χ1n) is 21.9. The highest BCUT2D eigenvalue weighted by Crippen LogP contribution is 2.69. The van der Waals surface area contributed by atoms with Gasteiger partial charge in [0.15, 0.2) is 23.1 Å². The van der Waals surface area contributed by atoms with Gasteiger partial charge in [-0.25, -0.2) is 0 Å². The first kappa shape index (κ1) is 41.8. The van der Waals surface area contributed by atoms with E-state index < -0.39 is 81.7 Å². The monoisotopic (exact) mass is 806 g/mol. The van der Waals surface area contributed by atoms with Crippen molar-refractivity contribution in [3.8, 4) is 0 Å². The van der Waals surface area contributed by atoms with Gasteiger partial charge in [-0.3, -0.25) is 28.8 Å². The minimum absolute atomic E-state index is 0.00115. The molecule has 12 heteroatoms. The van der Waals surface area contributed by atoms with Crippen molar-refractivity contribution >= 4 is 34.9 Å². The second-order valence-electron chi connectivity index (χ2n) is 20.6. The maximum atomic E-state index is 14.4. The third kappa shape index (κ3) is 5.55. The average Bonchev–Trinajstić information content (AvgIpc) is 3.60. The van der Waals surface area contributed by atoms with Crippen LogP contribution in [0.1, 0.15) is 124 Å². The van der Waals surface area contributed by atoms with Crippen molar-refractivity contribution in [2.24, 2.45) is 63.1 Å². The molecule has 8 aliphatic carbocycles. The van der Waals surface area contributed by atoms with Gasteiger partial charge in [0.05, 0.1) is 6.10 Å². The molecule has 0 aromatic rings. The first-order chi connectivity index (χ1) is 27.2. The predicted molar refractivity (Wildman–Crippen MR) is 207 cm³/mol. The maximum absolute atomic E-state index is 14.4. The van der Waals surface area contributed by atoms with Gasteiger partial charge in [-0.1, -0.05) is 38.8 Å². The number of ether oxygens (including phenoxy) is 1. The highest BCUT2D eigenvalue weighted by Gasteiger charge is 2.71. The first-order valence-corrected chi connectivity index (χ1v) is 21.9. The lowest BCUT2D eigenvalue weighted by molar-refractivity contribution is -0.197. The molecule has 5 N–H and O–H groups in total. The van der Waals surface area contributed by atoms with Crippen molar-refractivity contribution < 1.29 is 59.0 Å². The molecule has 2 unspecified atom stereocenters. The van der Waals surface area contributed by atoms with Gasteiger partial charge in [0.25, 0.3) is 0 Å². The molecule has 15 atom stereocenters. The summed E-state index contributed by atoms with van der Waals surface area (Å²) in [5.41, 5.74) is -5.11. The lowest BCUT2D eigenvalue weighted by Gasteiger charge is -2.61. The minimum atomic E-state index is -1.76. The van der Waals surface area contributed by atoms with Gasteiger partial charge in [-0.05, 0) is 112 Å². The summed E-state index contributed by atoms with van der Waals surface area (Å²) in [7, 11) is 0. The third-order valence-corrected chi connectivity index (χ3v) is 18.7. The highest BCUT2D eigenvalue weighted by atomic mass is 16.5. The van der Waals surface area contributed by atoms with E-state index in [9.17, 15) is 54.3 Å². The van der Waals surface area contributed by atoms with Gasteiger partial charge in [-0.15, -0.1) is 0 Å². The number of allylic oxidation sites excluding steroid dienone is 1. The molecule has 0 bridgehead atoms. The molecule has 12 nitrogen and oxygen atoms in total. The molecule has 0 saturated heterocycles. The van der Waals surface area contributed by atoms with E-state index >= 15 is 0 Å². The lowest BCUT2D eigenvalue weighted by Crippen LogP contribution is -2.64. The summed E-state index contributed by atoms with van der Waals surface area (Å²) in [4.78, 5) is 80.2. The van der Waals surface area contributed by atoms with E-state index in [1.54, 1.807) is 12.2 Å². The number of carbonyl (C=O) groups excluding carboxylic acids is 6. The molecule has 0 radical (unpaired) electrons. The molecule has 0 aromatic carbocycles. The summed E-state index contributed by atoms with van der Waals surface area (Å²) in [6.45, 7) is 6.17. The number of hydrogen-bond acceptors (Lipinski definition) is 12. The Balaban J connectivity index is 0.984. The Labute approximate surface area is 340 Å². The summed E-state index contributed by atoms with van der Waals surface area (Å²) in [5.74, 6) is -3.33. The van der Waals surface area contributed by atoms with Crippen LogP contribution in [0.25, 0.3) is 0 Å². The van der Waals surface area contributed by atoms with Crippen LogP contribution in [0.2, 0.25) is 0 Å². The number of aliphatic hydroxyl groups is 5. The van der Waals surface area contributed by atoms with Crippen molar-refractivity contribution in [3.63, 3.8) is 0 Å². The van der Waals surface area contributed by atoms with E-state index in [1.165, 1.54) is 0 Å². The smallest absolute Gasteiger partial charge is 0.306 e. The van der Waals surface area contributed by atoms with Crippen molar-refractivity contribution in [1.29, 1.82) is 0 Å². The van der Waals surface area contributed by atoms with E-state index in [4.69, 9.17) is 4.74 Å². The predicted octanol–water partition coefficient (Wildman–Crippen LogP) is 3.70. The fourth-order valence-electron chi connectivity index (χ4n) is 15.7. The number of ketones is 5. The third-order valence-electron chi connectivity index (χ3n) is 18.7. The van der Waals surface area contributed by atoms with Gasteiger partial charge >= 0.3 is 5.97 Å². The average molecular weight is 807 g/mol. The van der Waals surface area contributed by atoms with Crippen LogP contribution in [0, 0.1) is 63.1 Å². The van der Waals surface area contributed by atoms with Crippen LogP contribution < -0.4 is 0 Å². The lowest BCUT2D eigenvalue weighted by atomic mass is 9.43. The minimum Gasteiger partial charge on any atom is -0.461 e. The number of rotatable bonds is 9. The Bertz CT molecular complexity index is 1880. The Morgan fingerprint density at radius 2 is 1.31 bits per heavy atom. The van der Waals surface area contributed by atoms with Gasteiger partial charge in [0.1, 0.15) is 36.3 Å². The van der Waals surface area contributed by atoms with Crippen molar-refractivity contribution in [3.05, 3.63) is 23.3 Å². The molecule has 6 saturated carbocycles. The van der Waals surface area contributed by atoms with Crippen LogP contribution in [0.15, 0.2) is 23.3 Å². The second kappa shape index (κ2) is 14.1. The molecule has 58 heavy (non-hydrogen) atoms. The number of Topliss-reactive ketones (excluding diaryl/α,β-unsaturated/α-hetero) is 3.